The van der Waals surface area contributed by atoms with Gasteiger partial charge in [-0.05, 0) is 30.2 Å². The number of benzene rings is 1. The molecule has 1 aromatic carbocycles. The van der Waals surface area contributed by atoms with Gasteiger partial charge in [0.1, 0.15) is 0 Å². The van der Waals surface area contributed by atoms with E-state index in [4.69, 9.17) is 9.47 Å². The summed E-state index contributed by atoms with van der Waals surface area (Å²) in [5, 5.41) is 2.96. The van der Waals surface area contributed by atoms with E-state index in [0.717, 1.165) is 37.7 Å². The lowest BCUT2D eigenvalue weighted by molar-refractivity contribution is -0.117. The molecule has 2 aliphatic heterocycles. The Morgan fingerprint density at radius 3 is 2.31 bits per heavy atom. The Balaban J connectivity index is 1.39. The number of amides is 2. The third kappa shape index (κ3) is 6.61. The van der Waals surface area contributed by atoms with Gasteiger partial charge in [0.25, 0.3) is 0 Å². The first-order valence-corrected chi connectivity index (χ1v) is 10.4. The lowest BCUT2D eigenvalue weighted by Crippen LogP contribution is -2.50. The molecular weight excluding hydrogens is 372 g/mol. The number of rotatable bonds is 6. The van der Waals surface area contributed by atoms with Crippen LogP contribution in [-0.4, -0.2) is 87.4 Å². The van der Waals surface area contributed by atoms with Gasteiger partial charge in [0.15, 0.2) is 0 Å². The van der Waals surface area contributed by atoms with Gasteiger partial charge in [-0.15, -0.1) is 0 Å². The molecular formula is C21H32N4O4. The van der Waals surface area contributed by atoms with E-state index >= 15 is 0 Å². The van der Waals surface area contributed by atoms with E-state index in [-0.39, 0.29) is 12.0 Å². The maximum atomic E-state index is 12.4. The third-order valence-electron chi connectivity index (χ3n) is 5.07. The Hall–Kier alpha value is -2.32. The first kappa shape index (κ1) is 21.4. The van der Waals surface area contributed by atoms with Crippen molar-refractivity contribution in [1.82, 2.24) is 9.80 Å². The van der Waals surface area contributed by atoms with Crippen LogP contribution >= 0.6 is 0 Å². The average molecular weight is 405 g/mol. The second kappa shape index (κ2) is 10.5. The number of piperazine rings is 1. The van der Waals surface area contributed by atoms with Crippen molar-refractivity contribution in [2.75, 3.05) is 75.9 Å². The van der Waals surface area contributed by atoms with Gasteiger partial charge in [0.2, 0.25) is 5.91 Å². The Morgan fingerprint density at radius 1 is 1.03 bits per heavy atom. The summed E-state index contributed by atoms with van der Waals surface area (Å²) in [7, 11) is 0. The van der Waals surface area contributed by atoms with Crippen LogP contribution in [0.1, 0.15) is 13.8 Å². The Kier molecular flexibility index (Phi) is 7.71. The minimum absolute atomic E-state index is 0.0417. The van der Waals surface area contributed by atoms with Crippen LogP contribution in [0.2, 0.25) is 0 Å². The predicted octanol–water partition coefficient (Wildman–Crippen LogP) is 1.87. The Labute approximate surface area is 172 Å². The number of nitrogens with one attached hydrogen (secondary N) is 1. The molecule has 0 saturated carbocycles. The van der Waals surface area contributed by atoms with Crippen molar-refractivity contribution < 1.29 is 19.1 Å². The van der Waals surface area contributed by atoms with Gasteiger partial charge in [-0.1, -0.05) is 13.8 Å². The summed E-state index contributed by atoms with van der Waals surface area (Å²) in [6, 6.07) is 7.93. The summed E-state index contributed by atoms with van der Waals surface area (Å²) < 4.78 is 10.6. The van der Waals surface area contributed by atoms with Crippen LogP contribution < -0.4 is 10.2 Å². The molecule has 29 heavy (non-hydrogen) atoms. The number of nitrogens with zero attached hydrogens (tertiary/aromatic N) is 3. The smallest absolute Gasteiger partial charge is 0.409 e. The number of carbonyl (C=O) groups is 2. The fourth-order valence-corrected chi connectivity index (χ4v) is 3.40. The van der Waals surface area contributed by atoms with Crippen LogP contribution in [0.5, 0.6) is 0 Å². The molecule has 0 aliphatic carbocycles. The fourth-order valence-electron chi connectivity index (χ4n) is 3.40. The number of hydrogen-bond donors (Lipinski definition) is 1. The zero-order valence-electron chi connectivity index (χ0n) is 17.4. The number of ether oxygens (including phenoxy) is 2. The molecule has 8 heteroatoms. The molecule has 2 fully saturated rings. The molecule has 0 unspecified atom stereocenters. The van der Waals surface area contributed by atoms with Gasteiger partial charge >= 0.3 is 6.09 Å². The van der Waals surface area contributed by atoms with Crippen molar-refractivity contribution >= 4 is 23.4 Å². The van der Waals surface area contributed by atoms with E-state index in [1.54, 1.807) is 4.90 Å². The van der Waals surface area contributed by atoms with Crippen LogP contribution in [0, 0.1) is 5.92 Å². The van der Waals surface area contributed by atoms with Crippen molar-refractivity contribution in [2.24, 2.45) is 5.92 Å². The summed E-state index contributed by atoms with van der Waals surface area (Å²) >= 11 is 0. The minimum Gasteiger partial charge on any atom is -0.449 e. The van der Waals surface area contributed by atoms with Crippen LogP contribution in [0.4, 0.5) is 16.2 Å². The van der Waals surface area contributed by atoms with Crippen molar-refractivity contribution in [3.05, 3.63) is 24.3 Å². The molecule has 2 heterocycles. The third-order valence-corrected chi connectivity index (χ3v) is 5.07. The van der Waals surface area contributed by atoms with Crippen molar-refractivity contribution in [3.8, 4) is 0 Å². The van der Waals surface area contributed by atoms with E-state index in [9.17, 15) is 9.59 Å². The molecule has 160 valence electrons. The molecule has 0 bridgehead atoms. The summed E-state index contributed by atoms with van der Waals surface area (Å²) in [5.41, 5.74) is 1.94. The highest BCUT2D eigenvalue weighted by atomic mass is 16.6. The zero-order chi connectivity index (χ0) is 20.6. The van der Waals surface area contributed by atoms with Gasteiger partial charge in [-0.2, -0.15) is 0 Å². The number of morpholine rings is 1. The van der Waals surface area contributed by atoms with Crippen LogP contribution in [-0.2, 0) is 14.3 Å². The van der Waals surface area contributed by atoms with Crippen LogP contribution in [0.15, 0.2) is 24.3 Å². The number of carbonyl (C=O) groups excluding carboxylic acids is 2. The van der Waals surface area contributed by atoms with Crippen molar-refractivity contribution in [3.63, 3.8) is 0 Å². The Bertz CT molecular complexity index is 666. The Morgan fingerprint density at radius 2 is 1.69 bits per heavy atom. The van der Waals surface area contributed by atoms with E-state index in [0.29, 0.717) is 45.2 Å². The average Bonchev–Trinajstić information content (AvgIpc) is 2.73. The predicted molar refractivity (Wildman–Crippen MR) is 112 cm³/mol. The normalized spacial score (nSPS) is 18.0. The van der Waals surface area contributed by atoms with E-state index < -0.39 is 0 Å². The highest BCUT2D eigenvalue weighted by Gasteiger charge is 2.23. The molecule has 2 aliphatic rings. The molecule has 8 nitrogen and oxygen atoms in total. The van der Waals surface area contributed by atoms with Crippen molar-refractivity contribution in [2.45, 2.75) is 13.8 Å². The molecule has 0 radical (unpaired) electrons. The summed E-state index contributed by atoms with van der Waals surface area (Å²) in [4.78, 5) is 30.4. The number of anilines is 2. The maximum absolute atomic E-state index is 12.4. The molecule has 2 amide bonds. The molecule has 0 spiro atoms. The summed E-state index contributed by atoms with van der Waals surface area (Å²) in [5.74, 6) is 0.284. The van der Waals surface area contributed by atoms with Gasteiger partial charge < -0.3 is 24.6 Å². The largest absolute Gasteiger partial charge is 0.449 e. The highest BCUT2D eigenvalue weighted by Crippen LogP contribution is 2.19. The van der Waals surface area contributed by atoms with E-state index in [1.807, 2.05) is 38.1 Å². The molecule has 0 atom stereocenters. The highest BCUT2D eigenvalue weighted by molar-refractivity contribution is 5.92. The molecule has 0 aromatic heterocycles. The standard InChI is InChI=1S/C21H32N4O4/c1-17(2)16-29-21(27)25-9-7-23(8-10-25)15-20(26)22-18-3-5-19(6-4-18)24-11-13-28-14-12-24/h3-6,17H,7-16H2,1-2H3,(H,22,26). The topological polar surface area (TPSA) is 74.4 Å². The van der Waals surface area contributed by atoms with Gasteiger partial charge in [-0.25, -0.2) is 4.79 Å². The second-order valence-corrected chi connectivity index (χ2v) is 7.93. The van der Waals surface area contributed by atoms with Gasteiger partial charge in [0, 0.05) is 50.6 Å². The van der Waals surface area contributed by atoms with Gasteiger partial charge in [0.05, 0.1) is 26.4 Å². The van der Waals surface area contributed by atoms with E-state index in [1.165, 1.54) is 0 Å². The summed E-state index contributed by atoms with van der Waals surface area (Å²) in [6.45, 7) is 10.6. The second-order valence-electron chi connectivity index (χ2n) is 7.93. The first-order chi connectivity index (χ1) is 14.0. The van der Waals surface area contributed by atoms with Crippen molar-refractivity contribution in [1.29, 1.82) is 0 Å². The van der Waals surface area contributed by atoms with Crippen LogP contribution in [0.3, 0.4) is 0 Å². The lowest BCUT2D eigenvalue weighted by atomic mass is 10.2. The SMILES string of the molecule is CC(C)COC(=O)N1CCN(CC(=O)Nc2ccc(N3CCOCC3)cc2)CC1. The number of hydrogen-bond acceptors (Lipinski definition) is 6. The molecule has 1 aromatic rings. The maximum Gasteiger partial charge on any atom is 0.409 e. The fraction of sp³-hybridized carbons (Fsp3) is 0.619. The van der Waals surface area contributed by atoms with E-state index in [2.05, 4.69) is 15.1 Å². The monoisotopic (exact) mass is 404 g/mol. The quantitative estimate of drug-likeness (QED) is 0.780. The minimum atomic E-state index is -0.261. The lowest BCUT2D eigenvalue weighted by Gasteiger charge is -2.33. The molecule has 2 saturated heterocycles. The molecule has 3 rings (SSSR count). The van der Waals surface area contributed by atoms with Gasteiger partial charge in [-0.3, -0.25) is 9.69 Å². The zero-order valence-corrected chi connectivity index (χ0v) is 17.4. The first-order valence-electron chi connectivity index (χ1n) is 10.4. The molecule has 1 N–H and O–H groups in total. The summed E-state index contributed by atoms with van der Waals surface area (Å²) in [6.07, 6.45) is -0.261. The van der Waals surface area contributed by atoms with Crippen LogP contribution in [0.25, 0.3) is 0 Å².